The molecule has 0 fully saturated rings. The van der Waals surface area contributed by atoms with Gasteiger partial charge in [-0.2, -0.15) is 0 Å². The van der Waals surface area contributed by atoms with E-state index in [2.05, 4.69) is 0 Å². The van der Waals surface area contributed by atoms with E-state index >= 15 is 0 Å². The standard InChI is InChI=1S/C10H22O5.C5H12O5/c1-12-7-9(14-3)10(15-4)8(13-2)5-6-11;6-1-3(8)5(10)4(9)2-7/h8-11H,5-7H2,1-4H3;3-10H,1-2H2. The molecule has 0 aliphatic carbocycles. The molecular weight excluding hydrogens is 340 g/mol. The number of hydrogen-bond donors (Lipinski definition) is 6. The summed E-state index contributed by atoms with van der Waals surface area (Å²) < 4.78 is 20.9. The van der Waals surface area contributed by atoms with Gasteiger partial charge in [-0.1, -0.05) is 0 Å². The van der Waals surface area contributed by atoms with E-state index in [4.69, 9.17) is 49.6 Å². The van der Waals surface area contributed by atoms with Crippen LogP contribution in [-0.2, 0) is 18.9 Å². The van der Waals surface area contributed by atoms with Crippen molar-refractivity contribution in [3.05, 3.63) is 0 Å². The van der Waals surface area contributed by atoms with Crippen LogP contribution in [-0.4, -0.2) is 122 Å². The molecule has 0 amide bonds. The van der Waals surface area contributed by atoms with Crippen LogP contribution in [0.5, 0.6) is 0 Å². The molecule has 154 valence electrons. The zero-order chi connectivity index (χ0) is 19.8. The van der Waals surface area contributed by atoms with Crippen molar-refractivity contribution in [3.8, 4) is 0 Å². The second kappa shape index (κ2) is 17.0. The van der Waals surface area contributed by atoms with Crippen molar-refractivity contribution in [3.63, 3.8) is 0 Å². The van der Waals surface area contributed by atoms with Crippen molar-refractivity contribution in [1.82, 2.24) is 0 Å². The molecule has 0 aromatic carbocycles. The zero-order valence-corrected chi connectivity index (χ0v) is 15.3. The molecule has 0 heterocycles. The van der Waals surface area contributed by atoms with Crippen LogP contribution in [0.3, 0.4) is 0 Å². The second-order valence-electron chi connectivity index (χ2n) is 5.21. The van der Waals surface area contributed by atoms with Crippen molar-refractivity contribution in [2.75, 3.05) is 54.9 Å². The molecule has 0 aliphatic heterocycles. The largest absolute Gasteiger partial charge is 0.396 e. The molecule has 0 rings (SSSR count). The molecule has 5 unspecified atom stereocenters. The third kappa shape index (κ3) is 11.0. The predicted octanol–water partition coefficient (Wildman–Crippen LogP) is -2.89. The van der Waals surface area contributed by atoms with Gasteiger partial charge in [0.25, 0.3) is 0 Å². The lowest BCUT2D eigenvalue weighted by Gasteiger charge is -2.30. The molecule has 0 aromatic rings. The number of aliphatic hydroxyl groups is 6. The monoisotopic (exact) mass is 374 g/mol. The summed E-state index contributed by atoms with van der Waals surface area (Å²) in [7, 11) is 6.38. The van der Waals surface area contributed by atoms with Crippen LogP contribution < -0.4 is 0 Å². The SMILES string of the molecule is COCC(OC)C(OC)C(CCO)OC.OCC(O)C(O)C(O)CO. The number of methoxy groups -OCH3 is 4. The first-order chi connectivity index (χ1) is 11.9. The highest BCUT2D eigenvalue weighted by atomic mass is 16.6. The highest BCUT2D eigenvalue weighted by Crippen LogP contribution is 2.13. The maximum Gasteiger partial charge on any atom is 0.112 e. The quantitative estimate of drug-likeness (QED) is 0.198. The molecule has 5 atom stereocenters. The first-order valence-electron chi connectivity index (χ1n) is 7.82. The van der Waals surface area contributed by atoms with Gasteiger partial charge in [0, 0.05) is 35.0 Å². The number of rotatable bonds is 13. The lowest BCUT2D eigenvalue weighted by Crippen LogP contribution is -2.44. The van der Waals surface area contributed by atoms with Crippen LogP contribution in [0, 0.1) is 0 Å². The Labute approximate surface area is 148 Å². The van der Waals surface area contributed by atoms with E-state index in [-0.39, 0.29) is 24.9 Å². The maximum atomic E-state index is 8.89. The minimum atomic E-state index is -1.49. The van der Waals surface area contributed by atoms with E-state index in [1.54, 1.807) is 28.4 Å². The highest BCUT2D eigenvalue weighted by Gasteiger charge is 2.29. The smallest absolute Gasteiger partial charge is 0.112 e. The van der Waals surface area contributed by atoms with Crippen LogP contribution in [0.1, 0.15) is 6.42 Å². The Morgan fingerprint density at radius 1 is 0.720 bits per heavy atom. The average molecular weight is 374 g/mol. The molecule has 0 saturated carbocycles. The fraction of sp³-hybridized carbons (Fsp3) is 1.00. The molecule has 0 aromatic heterocycles. The average Bonchev–Trinajstić information content (AvgIpc) is 2.65. The summed E-state index contributed by atoms with van der Waals surface area (Å²) in [5.41, 5.74) is 0. The Morgan fingerprint density at radius 2 is 1.20 bits per heavy atom. The number of hydrogen-bond acceptors (Lipinski definition) is 10. The molecule has 0 spiro atoms. The van der Waals surface area contributed by atoms with Crippen LogP contribution in [0.2, 0.25) is 0 Å². The lowest BCUT2D eigenvalue weighted by molar-refractivity contribution is -0.127. The van der Waals surface area contributed by atoms with E-state index in [0.29, 0.717) is 13.0 Å². The first-order valence-corrected chi connectivity index (χ1v) is 7.82. The molecule has 0 aliphatic rings. The van der Waals surface area contributed by atoms with Gasteiger partial charge in [-0.25, -0.2) is 0 Å². The van der Waals surface area contributed by atoms with E-state index in [1.165, 1.54) is 0 Å². The van der Waals surface area contributed by atoms with Crippen molar-refractivity contribution in [2.45, 2.75) is 43.0 Å². The van der Waals surface area contributed by atoms with Gasteiger partial charge in [0.2, 0.25) is 0 Å². The van der Waals surface area contributed by atoms with Gasteiger partial charge in [0.1, 0.15) is 30.5 Å². The van der Waals surface area contributed by atoms with Gasteiger partial charge in [0.05, 0.1) is 25.9 Å². The molecule has 0 radical (unpaired) electrons. The van der Waals surface area contributed by atoms with E-state index in [0.717, 1.165) is 0 Å². The topological polar surface area (TPSA) is 158 Å². The maximum absolute atomic E-state index is 8.89. The van der Waals surface area contributed by atoms with Crippen LogP contribution in [0.4, 0.5) is 0 Å². The Kier molecular flexibility index (Phi) is 18.3. The highest BCUT2D eigenvalue weighted by molar-refractivity contribution is 4.79. The molecule has 10 heteroatoms. The first kappa shape index (κ1) is 26.8. The summed E-state index contributed by atoms with van der Waals surface area (Å²) >= 11 is 0. The van der Waals surface area contributed by atoms with Crippen LogP contribution >= 0.6 is 0 Å². The van der Waals surface area contributed by atoms with Crippen molar-refractivity contribution < 1.29 is 49.6 Å². The fourth-order valence-corrected chi connectivity index (χ4v) is 2.02. The Bertz CT molecular complexity index is 257. The Hall–Kier alpha value is -0.400. The van der Waals surface area contributed by atoms with Gasteiger partial charge in [-0.3, -0.25) is 0 Å². The van der Waals surface area contributed by atoms with Gasteiger partial charge in [0.15, 0.2) is 0 Å². The van der Waals surface area contributed by atoms with Crippen LogP contribution in [0.15, 0.2) is 0 Å². The summed E-state index contributed by atoms with van der Waals surface area (Å²) in [6.07, 6.45) is -4.42. The van der Waals surface area contributed by atoms with Gasteiger partial charge < -0.3 is 49.6 Å². The third-order valence-corrected chi connectivity index (χ3v) is 3.52. The van der Waals surface area contributed by atoms with Gasteiger partial charge in [-0.15, -0.1) is 0 Å². The van der Waals surface area contributed by atoms with Gasteiger partial charge in [-0.05, 0) is 6.42 Å². The zero-order valence-electron chi connectivity index (χ0n) is 15.3. The molecule has 0 bridgehead atoms. The fourth-order valence-electron chi connectivity index (χ4n) is 2.02. The van der Waals surface area contributed by atoms with Crippen LogP contribution in [0.25, 0.3) is 0 Å². The lowest BCUT2D eigenvalue weighted by atomic mass is 10.1. The summed E-state index contributed by atoms with van der Waals surface area (Å²) in [4.78, 5) is 0. The normalized spacial score (nSPS) is 18.5. The van der Waals surface area contributed by atoms with E-state index in [9.17, 15) is 0 Å². The van der Waals surface area contributed by atoms with Crippen molar-refractivity contribution >= 4 is 0 Å². The minimum Gasteiger partial charge on any atom is -0.396 e. The molecule has 25 heavy (non-hydrogen) atoms. The summed E-state index contributed by atoms with van der Waals surface area (Å²) in [5, 5.41) is 51.5. The molecular formula is C15H34O10. The van der Waals surface area contributed by atoms with E-state index < -0.39 is 31.5 Å². The molecule has 0 saturated heterocycles. The van der Waals surface area contributed by atoms with Crippen molar-refractivity contribution in [2.24, 2.45) is 0 Å². The van der Waals surface area contributed by atoms with Crippen molar-refractivity contribution in [1.29, 1.82) is 0 Å². The Balaban J connectivity index is 0. The minimum absolute atomic E-state index is 0.0573. The second-order valence-corrected chi connectivity index (χ2v) is 5.21. The summed E-state index contributed by atoms with van der Waals surface area (Å²) in [6, 6.07) is 0. The summed E-state index contributed by atoms with van der Waals surface area (Å²) in [5.74, 6) is 0. The molecule has 6 N–H and O–H groups in total. The van der Waals surface area contributed by atoms with Gasteiger partial charge >= 0.3 is 0 Å². The number of aliphatic hydroxyl groups excluding tert-OH is 6. The number of ether oxygens (including phenoxy) is 4. The predicted molar refractivity (Wildman–Crippen MR) is 88.2 cm³/mol. The molecule has 10 nitrogen and oxygen atoms in total. The summed E-state index contributed by atoms with van der Waals surface area (Å²) in [6.45, 7) is -0.793. The third-order valence-electron chi connectivity index (χ3n) is 3.52. The van der Waals surface area contributed by atoms with E-state index in [1.807, 2.05) is 0 Å². The Morgan fingerprint density at radius 3 is 1.48 bits per heavy atom.